The van der Waals surface area contributed by atoms with Crippen molar-refractivity contribution in [2.24, 2.45) is 5.41 Å². The number of rotatable bonds is 6. The average Bonchev–Trinajstić information content (AvgIpc) is 2.88. The SMILES string of the molecule is O=[N+]([O-])c1ccc(CNCC2(CO)CC2)o1. The van der Waals surface area contributed by atoms with Crippen molar-refractivity contribution in [3.8, 4) is 0 Å². The second kappa shape index (κ2) is 4.23. The number of nitrogens with one attached hydrogen (secondary N) is 1. The summed E-state index contributed by atoms with van der Waals surface area (Å²) in [6, 6.07) is 2.93. The van der Waals surface area contributed by atoms with Crippen LogP contribution in [0.25, 0.3) is 0 Å². The molecule has 0 aromatic carbocycles. The van der Waals surface area contributed by atoms with E-state index >= 15 is 0 Å². The van der Waals surface area contributed by atoms with Crippen LogP contribution in [0.4, 0.5) is 5.88 Å². The lowest BCUT2D eigenvalue weighted by atomic mass is 10.1. The Balaban J connectivity index is 1.79. The third-order valence-electron chi connectivity index (χ3n) is 2.92. The number of hydrogen-bond donors (Lipinski definition) is 2. The van der Waals surface area contributed by atoms with E-state index in [1.165, 1.54) is 6.07 Å². The van der Waals surface area contributed by atoms with Crippen molar-refractivity contribution in [1.82, 2.24) is 5.32 Å². The molecule has 0 radical (unpaired) electrons. The van der Waals surface area contributed by atoms with Crippen molar-refractivity contribution in [1.29, 1.82) is 0 Å². The van der Waals surface area contributed by atoms with Crippen LogP contribution in [0.2, 0.25) is 0 Å². The number of nitrogens with zero attached hydrogens (tertiary/aromatic N) is 1. The molecule has 0 atom stereocenters. The van der Waals surface area contributed by atoms with E-state index in [9.17, 15) is 10.1 Å². The van der Waals surface area contributed by atoms with E-state index in [1.807, 2.05) is 0 Å². The molecule has 0 amide bonds. The minimum atomic E-state index is -0.556. The molecule has 1 fully saturated rings. The van der Waals surface area contributed by atoms with Gasteiger partial charge in [0.1, 0.15) is 10.7 Å². The lowest BCUT2D eigenvalue weighted by Crippen LogP contribution is -2.25. The van der Waals surface area contributed by atoms with Crippen LogP contribution in [0.15, 0.2) is 16.5 Å². The summed E-state index contributed by atoms with van der Waals surface area (Å²) in [6.45, 7) is 1.37. The molecule has 0 bridgehead atoms. The molecule has 1 aromatic heterocycles. The van der Waals surface area contributed by atoms with Gasteiger partial charge >= 0.3 is 5.88 Å². The molecule has 0 unspecified atom stereocenters. The van der Waals surface area contributed by atoms with E-state index in [2.05, 4.69) is 5.32 Å². The summed E-state index contributed by atoms with van der Waals surface area (Å²) >= 11 is 0. The molecular weight excluding hydrogens is 212 g/mol. The summed E-state index contributed by atoms with van der Waals surface area (Å²) in [4.78, 5) is 9.81. The molecule has 6 nitrogen and oxygen atoms in total. The van der Waals surface area contributed by atoms with Gasteiger partial charge in [-0.1, -0.05) is 0 Å². The van der Waals surface area contributed by atoms with Crippen molar-refractivity contribution < 1.29 is 14.4 Å². The fraction of sp³-hybridized carbons (Fsp3) is 0.600. The fourth-order valence-electron chi connectivity index (χ4n) is 1.58. The molecule has 88 valence electrons. The average molecular weight is 226 g/mol. The lowest BCUT2D eigenvalue weighted by Gasteiger charge is -2.11. The van der Waals surface area contributed by atoms with Gasteiger partial charge in [-0.2, -0.15) is 0 Å². The van der Waals surface area contributed by atoms with E-state index < -0.39 is 4.92 Å². The molecule has 0 saturated heterocycles. The Labute approximate surface area is 92.4 Å². The Morgan fingerprint density at radius 3 is 2.81 bits per heavy atom. The maximum Gasteiger partial charge on any atom is 0.433 e. The zero-order chi connectivity index (χ0) is 11.6. The smallest absolute Gasteiger partial charge is 0.404 e. The molecule has 1 saturated carbocycles. The summed E-state index contributed by atoms with van der Waals surface area (Å²) in [7, 11) is 0. The molecule has 1 aliphatic rings. The molecule has 0 spiro atoms. The van der Waals surface area contributed by atoms with Crippen LogP contribution < -0.4 is 5.32 Å². The highest BCUT2D eigenvalue weighted by Gasteiger charge is 2.41. The Bertz CT molecular complexity index is 384. The molecule has 1 aromatic rings. The second-order valence-corrected chi connectivity index (χ2v) is 4.26. The number of hydrogen-bond acceptors (Lipinski definition) is 5. The first-order valence-electron chi connectivity index (χ1n) is 5.20. The number of aliphatic hydroxyl groups is 1. The molecule has 1 heterocycles. The van der Waals surface area contributed by atoms with Gasteiger partial charge < -0.3 is 14.8 Å². The monoisotopic (exact) mass is 226 g/mol. The molecule has 0 aliphatic heterocycles. The predicted molar refractivity (Wildman–Crippen MR) is 55.8 cm³/mol. The number of nitro groups is 1. The Morgan fingerprint density at radius 2 is 2.31 bits per heavy atom. The predicted octanol–water partition coefficient (Wildman–Crippen LogP) is 1.05. The maximum absolute atomic E-state index is 10.4. The Hall–Kier alpha value is -1.40. The molecule has 2 N–H and O–H groups in total. The van der Waals surface area contributed by atoms with E-state index in [0.717, 1.165) is 19.4 Å². The standard InChI is InChI=1S/C10H14N2O4/c13-7-10(3-4-10)6-11-5-8-1-2-9(16-8)12(14)15/h1-2,11,13H,3-7H2. The minimum Gasteiger partial charge on any atom is -0.404 e. The van der Waals surface area contributed by atoms with Crippen LogP contribution in [0.3, 0.4) is 0 Å². The quantitative estimate of drug-likeness (QED) is 0.559. The van der Waals surface area contributed by atoms with Crippen LogP contribution in [0.5, 0.6) is 0 Å². The summed E-state index contributed by atoms with van der Waals surface area (Å²) in [6.07, 6.45) is 2.07. The van der Waals surface area contributed by atoms with Crippen molar-refractivity contribution in [3.05, 3.63) is 28.0 Å². The summed E-state index contributed by atoms with van der Waals surface area (Å²) in [5.74, 6) is 0.306. The number of furan rings is 1. The molecule has 6 heteroatoms. The first-order valence-corrected chi connectivity index (χ1v) is 5.20. The van der Waals surface area contributed by atoms with Gasteiger partial charge in [-0.3, -0.25) is 10.1 Å². The summed E-state index contributed by atoms with van der Waals surface area (Å²) in [5.41, 5.74) is 0.0402. The van der Waals surface area contributed by atoms with Gasteiger partial charge in [0.25, 0.3) is 0 Å². The van der Waals surface area contributed by atoms with E-state index in [4.69, 9.17) is 9.52 Å². The van der Waals surface area contributed by atoms with E-state index in [0.29, 0.717) is 12.3 Å². The zero-order valence-corrected chi connectivity index (χ0v) is 8.81. The van der Waals surface area contributed by atoms with Gasteiger partial charge in [0.2, 0.25) is 0 Å². The molecule has 2 rings (SSSR count). The third-order valence-corrected chi connectivity index (χ3v) is 2.92. The first kappa shape index (κ1) is 11.1. The maximum atomic E-state index is 10.4. The van der Waals surface area contributed by atoms with Gasteiger partial charge in [0.15, 0.2) is 0 Å². The van der Waals surface area contributed by atoms with Gasteiger partial charge in [-0.15, -0.1) is 0 Å². The van der Waals surface area contributed by atoms with Gasteiger partial charge in [0.05, 0.1) is 12.6 Å². The normalized spacial score (nSPS) is 17.3. The van der Waals surface area contributed by atoms with Crippen LogP contribution >= 0.6 is 0 Å². The topological polar surface area (TPSA) is 88.5 Å². The van der Waals surface area contributed by atoms with Gasteiger partial charge in [-0.25, -0.2) is 0 Å². The van der Waals surface area contributed by atoms with Crippen molar-refractivity contribution >= 4 is 5.88 Å². The minimum absolute atomic E-state index is 0.0402. The summed E-state index contributed by atoms with van der Waals surface area (Å²) in [5, 5.41) is 22.6. The highest BCUT2D eigenvalue weighted by atomic mass is 16.6. The van der Waals surface area contributed by atoms with Crippen LogP contribution in [0, 0.1) is 15.5 Å². The van der Waals surface area contributed by atoms with Crippen LogP contribution in [0.1, 0.15) is 18.6 Å². The van der Waals surface area contributed by atoms with Crippen molar-refractivity contribution in [3.63, 3.8) is 0 Å². The molecular formula is C10H14N2O4. The van der Waals surface area contributed by atoms with Crippen LogP contribution in [-0.2, 0) is 6.54 Å². The Morgan fingerprint density at radius 1 is 1.56 bits per heavy atom. The molecule has 1 aliphatic carbocycles. The highest BCUT2D eigenvalue weighted by molar-refractivity contribution is 5.17. The Kier molecular flexibility index (Phi) is 2.93. The van der Waals surface area contributed by atoms with E-state index in [-0.39, 0.29) is 17.9 Å². The first-order chi connectivity index (χ1) is 7.65. The summed E-state index contributed by atoms with van der Waals surface area (Å²) < 4.78 is 4.99. The highest BCUT2D eigenvalue weighted by Crippen LogP contribution is 2.44. The van der Waals surface area contributed by atoms with Gasteiger partial charge in [0, 0.05) is 18.6 Å². The second-order valence-electron chi connectivity index (χ2n) is 4.26. The molecule has 16 heavy (non-hydrogen) atoms. The third kappa shape index (κ3) is 2.40. The van der Waals surface area contributed by atoms with E-state index in [1.54, 1.807) is 6.07 Å². The van der Waals surface area contributed by atoms with Crippen molar-refractivity contribution in [2.75, 3.05) is 13.2 Å². The fourth-order valence-corrected chi connectivity index (χ4v) is 1.58. The largest absolute Gasteiger partial charge is 0.433 e. The van der Waals surface area contributed by atoms with Crippen molar-refractivity contribution in [2.45, 2.75) is 19.4 Å². The van der Waals surface area contributed by atoms with Crippen LogP contribution in [-0.4, -0.2) is 23.2 Å². The lowest BCUT2D eigenvalue weighted by molar-refractivity contribution is -0.402. The zero-order valence-electron chi connectivity index (χ0n) is 8.81. The number of aliphatic hydroxyl groups excluding tert-OH is 1. The van der Waals surface area contributed by atoms with Gasteiger partial charge in [-0.05, 0) is 18.9 Å².